The fourth-order valence-electron chi connectivity index (χ4n) is 4.11. The highest BCUT2D eigenvalue weighted by molar-refractivity contribution is 5.74. The van der Waals surface area contributed by atoms with Crippen LogP contribution in [-0.2, 0) is 0 Å². The molecule has 2 fully saturated rings. The predicted molar refractivity (Wildman–Crippen MR) is 121 cm³/mol. The van der Waals surface area contributed by atoms with Gasteiger partial charge in [-0.2, -0.15) is 0 Å². The normalized spacial score (nSPS) is 17.9. The summed E-state index contributed by atoms with van der Waals surface area (Å²) >= 11 is 0. The number of rotatable bonds is 6. The molecule has 2 aliphatic rings. The zero-order chi connectivity index (χ0) is 22.0. The molecule has 166 valence electrons. The molecule has 1 atom stereocenters. The van der Waals surface area contributed by atoms with Gasteiger partial charge in [0.05, 0.1) is 12.1 Å². The van der Waals surface area contributed by atoms with Gasteiger partial charge in [0.1, 0.15) is 11.6 Å². The number of carbonyl (C=O) groups excluding carboxylic acids is 1. The van der Waals surface area contributed by atoms with Gasteiger partial charge in [-0.15, -0.1) is 0 Å². The van der Waals surface area contributed by atoms with Crippen molar-refractivity contribution >= 4 is 11.7 Å². The summed E-state index contributed by atoms with van der Waals surface area (Å²) in [7, 11) is 3.47. The van der Waals surface area contributed by atoms with Crippen molar-refractivity contribution in [2.75, 3.05) is 32.1 Å². The molecule has 1 saturated heterocycles. The quantitative estimate of drug-likeness (QED) is 0.702. The second-order valence-electron chi connectivity index (χ2n) is 8.92. The molecule has 1 saturated carbocycles. The standard InChI is InChI=1S/C25H32FN3O2/c1-17(27-25(30)28(2)3)18-4-6-20(7-5-18)29-14-12-19(13-15-29)23-11-10-22(16-24(23)26)31-21-8-9-21/h4-7,10-11,16-17,19,21H,8-9,12-15H2,1-3H3,(H,27,30)/t17-/m0/s1. The highest BCUT2D eigenvalue weighted by Gasteiger charge is 2.26. The summed E-state index contributed by atoms with van der Waals surface area (Å²) in [6.07, 6.45) is 4.29. The summed E-state index contributed by atoms with van der Waals surface area (Å²) in [5.74, 6) is 0.749. The number of carbonyl (C=O) groups is 1. The van der Waals surface area contributed by atoms with E-state index in [0.29, 0.717) is 5.75 Å². The minimum absolute atomic E-state index is 0.0514. The van der Waals surface area contributed by atoms with Gasteiger partial charge in [-0.25, -0.2) is 9.18 Å². The highest BCUT2D eigenvalue weighted by atomic mass is 19.1. The molecule has 31 heavy (non-hydrogen) atoms. The van der Waals surface area contributed by atoms with Crippen LogP contribution in [0.2, 0.25) is 0 Å². The molecule has 1 heterocycles. The molecule has 4 rings (SSSR count). The Morgan fingerprint density at radius 1 is 1.10 bits per heavy atom. The molecule has 1 aliphatic heterocycles. The van der Waals surface area contributed by atoms with Crippen LogP contribution in [0.3, 0.4) is 0 Å². The van der Waals surface area contributed by atoms with Gasteiger partial charge in [0.15, 0.2) is 0 Å². The van der Waals surface area contributed by atoms with Gasteiger partial charge in [-0.3, -0.25) is 0 Å². The molecular weight excluding hydrogens is 393 g/mol. The third-order valence-electron chi connectivity index (χ3n) is 6.24. The Balaban J connectivity index is 1.33. The molecule has 5 nitrogen and oxygen atoms in total. The number of anilines is 1. The van der Waals surface area contributed by atoms with Gasteiger partial charge in [0.2, 0.25) is 0 Å². The van der Waals surface area contributed by atoms with Crippen LogP contribution in [0.25, 0.3) is 0 Å². The number of hydrogen-bond donors (Lipinski definition) is 1. The fraction of sp³-hybridized carbons (Fsp3) is 0.480. The first-order valence-corrected chi connectivity index (χ1v) is 11.2. The summed E-state index contributed by atoms with van der Waals surface area (Å²) in [4.78, 5) is 15.7. The Kier molecular flexibility index (Phi) is 6.35. The number of amides is 2. The number of hydrogen-bond acceptors (Lipinski definition) is 3. The van der Waals surface area contributed by atoms with Gasteiger partial charge in [0.25, 0.3) is 0 Å². The fourth-order valence-corrected chi connectivity index (χ4v) is 4.11. The van der Waals surface area contributed by atoms with Crippen molar-refractivity contribution < 1.29 is 13.9 Å². The lowest BCUT2D eigenvalue weighted by molar-refractivity contribution is 0.214. The van der Waals surface area contributed by atoms with E-state index in [0.717, 1.165) is 49.9 Å². The molecule has 6 heteroatoms. The van der Waals surface area contributed by atoms with E-state index in [4.69, 9.17) is 4.74 Å². The molecule has 0 bridgehead atoms. The van der Waals surface area contributed by atoms with Crippen LogP contribution in [0, 0.1) is 5.82 Å². The van der Waals surface area contributed by atoms with E-state index in [-0.39, 0.29) is 29.9 Å². The number of ether oxygens (including phenoxy) is 1. The van der Waals surface area contributed by atoms with E-state index in [1.165, 1.54) is 10.6 Å². The van der Waals surface area contributed by atoms with Crippen LogP contribution in [0.1, 0.15) is 55.7 Å². The number of halogens is 1. The van der Waals surface area contributed by atoms with Crippen LogP contribution in [0.5, 0.6) is 5.75 Å². The van der Waals surface area contributed by atoms with Crippen LogP contribution in [0.4, 0.5) is 14.9 Å². The molecule has 2 amide bonds. The highest BCUT2D eigenvalue weighted by Crippen LogP contribution is 2.34. The molecule has 0 radical (unpaired) electrons. The second-order valence-corrected chi connectivity index (χ2v) is 8.92. The molecule has 2 aromatic carbocycles. The largest absolute Gasteiger partial charge is 0.490 e. The molecule has 0 unspecified atom stereocenters. The topological polar surface area (TPSA) is 44.8 Å². The molecule has 0 spiro atoms. The van der Waals surface area contributed by atoms with Crippen molar-refractivity contribution in [1.82, 2.24) is 10.2 Å². The van der Waals surface area contributed by atoms with Gasteiger partial charge in [-0.05, 0) is 67.9 Å². The lowest BCUT2D eigenvalue weighted by Gasteiger charge is -2.34. The minimum Gasteiger partial charge on any atom is -0.490 e. The summed E-state index contributed by atoms with van der Waals surface area (Å²) < 4.78 is 20.4. The van der Waals surface area contributed by atoms with Crippen LogP contribution in [0.15, 0.2) is 42.5 Å². The Hall–Kier alpha value is -2.76. The first-order valence-electron chi connectivity index (χ1n) is 11.2. The summed E-state index contributed by atoms with van der Waals surface area (Å²) in [6.45, 7) is 3.78. The van der Waals surface area contributed by atoms with Crippen molar-refractivity contribution in [2.45, 2.75) is 50.7 Å². The Labute approximate surface area is 184 Å². The maximum absolute atomic E-state index is 14.7. The molecule has 1 aliphatic carbocycles. The van der Waals surface area contributed by atoms with E-state index in [1.807, 2.05) is 19.1 Å². The average Bonchev–Trinajstić information content (AvgIpc) is 3.58. The lowest BCUT2D eigenvalue weighted by Crippen LogP contribution is -2.36. The summed E-state index contributed by atoms with van der Waals surface area (Å²) in [5.41, 5.74) is 3.05. The van der Waals surface area contributed by atoms with Crippen molar-refractivity contribution in [3.05, 3.63) is 59.4 Å². The SMILES string of the molecule is C[C@H](NC(=O)N(C)C)c1ccc(N2CCC(c3ccc(OC4CC4)cc3F)CC2)cc1. The van der Waals surface area contributed by atoms with Crippen molar-refractivity contribution in [2.24, 2.45) is 0 Å². The lowest BCUT2D eigenvalue weighted by atomic mass is 9.88. The molecule has 1 N–H and O–H groups in total. The Morgan fingerprint density at radius 3 is 2.35 bits per heavy atom. The van der Waals surface area contributed by atoms with E-state index >= 15 is 0 Å². The second kappa shape index (κ2) is 9.16. The maximum Gasteiger partial charge on any atom is 0.317 e. The van der Waals surface area contributed by atoms with Gasteiger partial charge in [0, 0.05) is 38.9 Å². The summed E-state index contributed by atoms with van der Waals surface area (Å²) in [5, 5.41) is 2.97. The van der Waals surface area contributed by atoms with E-state index in [9.17, 15) is 9.18 Å². The van der Waals surface area contributed by atoms with Crippen molar-refractivity contribution in [3.8, 4) is 5.75 Å². The number of nitrogens with zero attached hydrogens (tertiary/aromatic N) is 2. The van der Waals surface area contributed by atoms with Crippen LogP contribution >= 0.6 is 0 Å². The molecule has 2 aromatic rings. The summed E-state index contributed by atoms with van der Waals surface area (Å²) in [6, 6.07) is 13.6. The number of benzene rings is 2. The first-order chi connectivity index (χ1) is 14.9. The predicted octanol–water partition coefficient (Wildman–Crippen LogP) is 5.08. The average molecular weight is 426 g/mol. The number of piperidine rings is 1. The zero-order valence-electron chi connectivity index (χ0n) is 18.6. The van der Waals surface area contributed by atoms with Crippen molar-refractivity contribution in [3.63, 3.8) is 0 Å². The van der Waals surface area contributed by atoms with Crippen LogP contribution in [-0.4, -0.2) is 44.2 Å². The minimum atomic E-state index is -0.144. The van der Waals surface area contributed by atoms with Gasteiger partial charge >= 0.3 is 6.03 Å². The van der Waals surface area contributed by atoms with E-state index in [1.54, 1.807) is 20.2 Å². The van der Waals surface area contributed by atoms with Crippen molar-refractivity contribution in [1.29, 1.82) is 0 Å². The Bertz CT molecular complexity index is 903. The number of nitrogens with one attached hydrogen (secondary N) is 1. The maximum atomic E-state index is 14.7. The third kappa shape index (κ3) is 5.30. The third-order valence-corrected chi connectivity index (χ3v) is 6.24. The molecular formula is C25H32FN3O2. The first kappa shape index (κ1) is 21.5. The smallest absolute Gasteiger partial charge is 0.317 e. The Morgan fingerprint density at radius 2 is 1.77 bits per heavy atom. The number of urea groups is 1. The van der Waals surface area contributed by atoms with E-state index in [2.05, 4.69) is 34.5 Å². The van der Waals surface area contributed by atoms with Gasteiger partial charge < -0.3 is 19.9 Å². The zero-order valence-corrected chi connectivity index (χ0v) is 18.6. The van der Waals surface area contributed by atoms with Crippen LogP contribution < -0.4 is 15.0 Å². The monoisotopic (exact) mass is 425 g/mol. The van der Waals surface area contributed by atoms with E-state index < -0.39 is 0 Å². The molecule has 0 aromatic heterocycles. The van der Waals surface area contributed by atoms with Gasteiger partial charge in [-0.1, -0.05) is 18.2 Å².